The summed E-state index contributed by atoms with van der Waals surface area (Å²) in [7, 11) is 0. The van der Waals surface area contributed by atoms with Gasteiger partial charge in [-0.3, -0.25) is 4.79 Å². The van der Waals surface area contributed by atoms with Gasteiger partial charge in [-0.1, -0.05) is 23.7 Å². The van der Waals surface area contributed by atoms with Crippen molar-refractivity contribution in [2.75, 3.05) is 13.1 Å². The fourth-order valence-electron chi connectivity index (χ4n) is 1.86. The molecule has 1 aliphatic carbocycles. The molecule has 1 saturated carbocycles. The molecule has 2 N–H and O–H groups in total. The van der Waals surface area contributed by atoms with Gasteiger partial charge in [0.2, 0.25) is 5.91 Å². The van der Waals surface area contributed by atoms with Gasteiger partial charge in [-0.05, 0) is 37.5 Å². The summed E-state index contributed by atoms with van der Waals surface area (Å²) in [5, 5.41) is 7.06. The fraction of sp³-hybridized carbons (Fsp3) is 0.500. The van der Waals surface area contributed by atoms with E-state index in [4.69, 9.17) is 11.6 Å². The third kappa shape index (κ3) is 4.00. The molecule has 1 atom stereocenters. The molecule has 1 amide bonds. The molecule has 1 fully saturated rings. The number of rotatable bonds is 6. The van der Waals surface area contributed by atoms with E-state index in [2.05, 4.69) is 17.6 Å². The summed E-state index contributed by atoms with van der Waals surface area (Å²) in [5.74, 6) is 0.488. The number of amides is 1. The number of benzene rings is 1. The molecule has 0 heterocycles. The molecule has 98 valence electrons. The predicted molar refractivity (Wildman–Crippen MR) is 73.6 cm³/mol. The second kappa shape index (κ2) is 6.21. The summed E-state index contributed by atoms with van der Waals surface area (Å²) < 4.78 is 0. The maximum absolute atomic E-state index is 11.4. The highest BCUT2D eigenvalue weighted by atomic mass is 35.5. The Labute approximate surface area is 113 Å². The number of hydrogen-bond acceptors (Lipinski definition) is 2. The van der Waals surface area contributed by atoms with Crippen LogP contribution in [0.25, 0.3) is 0 Å². The van der Waals surface area contributed by atoms with Crippen LogP contribution in [-0.4, -0.2) is 19.0 Å². The average Bonchev–Trinajstić information content (AvgIpc) is 3.18. The molecule has 4 heteroatoms. The molecule has 1 unspecified atom stereocenters. The first-order chi connectivity index (χ1) is 8.66. The zero-order chi connectivity index (χ0) is 13.0. The van der Waals surface area contributed by atoms with Gasteiger partial charge in [-0.15, -0.1) is 0 Å². The number of halogens is 1. The Balaban J connectivity index is 1.68. The van der Waals surface area contributed by atoms with Crippen LogP contribution >= 0.6 is 11.6 Å². The second-order valence-corrected chi connectivity index (χ2v) is 5.23. The van der Waals surface area contributed by atoms with E-state index < -0.39 is 0 Å². The van der Waals surface area contributed by atoms with Crippen molar-refractivity contribution >= 4 is 17.5 Å². The molecule has 1 aliphatic rings. The Kier molecular flexibility index (Phi) is 4.61. The second-order valence-electron chi connectivity index (χ2n) is 4.80. The zero-order valence-electron chi connectivity index (χ0n) is 10.6. The number of hydrogen-bond donors (Lipinski definition) is 2. The van der Waals surface area contributed by atoms with Crippen LogP contribution in [0.3, 0.4) is 0 Å². The molecule has 0 aromatic heterocycles. The minimum absolute atomic E-state index is 0.201. The molecule has 2 rings (SSSR count). The standard InChI is InChI=1S/C14H19ClN2O/c1-10(12-3-2-4-13(15)9-12)16-7-8-17-14(18)11-5-6-11/h2-4,9-11,16H,5-8H2,1H3,(H,17,18). The van der Waals surface area contributed by atoms with Crippen LogP contribution < -0.4 is 10.6 Å². The Bertz CT molecular complexity index is 418. The van der Waals surface area contributed by atoms with E-state index in [-0.39, 0.29) is 17.9 Å². The maximum atomic E-state index is 11.4. The van der Waals surface area contributed by atoms with Crippen LogP contribution in [0.15, 0.2) is 24.3 Å². The Morgan fingerprint density at radius 2 is 2.22 bits per heavy atom. The summed E-state index contributed by atoms with van der Waals surface area (Å²) >= 11 is 5.95. The van der Waals surface area contributed by atoms with Crippen molar-refractivity contribution < 1.29 is 4.79 Å². The number of carbonyl (C=O) groups is 1. The fourth-order valence-corrected chi connectivity index (χ4v) is 2.06. The van der Waals surface area contributed by atoms with Gasteiger partial charge in [0.05, 0.1) is 0 Å². The molecule has 0 spiro atoms. The van der Waals surface area contributed by atoms with Crippen molar-refractivity contribution in [3.63, 3.8) is 0 Å². The molecule has 0 saturated heterocycles. The first-order valence-corrected chi connectivity index (χ1v) is 6.81. The summed E-state index contributed by atoms with van der Waals surface area (Å²) in [6.07, 6.45) is 2.11. The van der Waals surface area contributed by atoms with Crippen molar-refractivity contribution in [2.24, 2.45) is 5.92 Å². The first-order valence-electron chi connectivity index (χ1n) is 6.43. The van der Waals surface area contributed by atoms with Gasteiger partial charge in [0.25, 0.3) is 0 Å². The normalized spacial score (nSPS) is 16.3. The van der Waals surface area contributed by atoms with Crippen LogP contribution in [0.5, 0.6) is 0 Å². The topological polar surface area (TPSA) is 41.1 Å². The maximum Gasteiger partial charge on any atom is 0.223 e. The lowest BCUT2D eigenvalue weighted by atomic mass is 10.1. The van der Waals surface area contributed by atoms with Crippen LogP contribution in [-0.2, 0) is 4.79 Å². The van der Waals surface area contributed by atoms with E-state index >= 15 is 0 Å². The highest BCUT2D eigenvalue weighted by molar-refractivity contribution is 6.30. The zero-order valence-corrected chi connectivity index (χ0v) is 11.3. The Hall–Kier alpha value is -1.06. The Morgan fingerprint density at radius 1 is 1.44 bits per heavy atom. The summed E-state index contributed by atoms with van der Waals surface area (Å²) in [6.45, 7) is 3.54. The molecule has 3 nitrogen and oxygen atoms in total. The van der Waals surface area contributed by atoms with Crippen LogP contribution in [0.1, 0.15) is 31.4 Å². The van der Waals surface area contributed by atoms with Crippen molar-refractivity contribution in [1.82, 2.24) is 10.6 Å². The van der Waals surface area contributed by atoms with E-state index in [1.165, 1.54) is 0 Å². The highest BCUT2D eigenvalue weighted by Crippen LogP contribution is 2.28. The SMILES string of the molecule is CC(NCCNC(=O)C1CC1)c1cccc(Cl)c1. The third-order valence-electron chi connectivity index (χ3n) is 3.17. The largest absolute Gasteiger partial charge is 0.355 e. The lowest BCUT2D eigenvalue weighted by molar-refractivity contribution is -0.122. The summed E-state index contributed by atoms with van der Waals surface area (Å²) in [6, 6.07) is 8.06. The highest BCUT2D eigenvalue weighted by Gasteiger charge is 2.28. The van der Waals surface area contributed by atoms with Crippen molar-refractivity contribution in [3.05, 3.63) is 34.9 Å². The summed E-state index contributed by atoms with van der Waals surface area (Å²) in [4.78, 5) is 11.4. The van der Waals surface area contributed by atoms with Crippen LogP contribution in [0.2, 0.25) is 5.02 Å². The molecule has 0 aliphatic heterocycles. The quantitative estimate of drug-likeness (QED) is 0.777. The van der Waals surface area contributed by atoms with E-state index in [1.807, 2.05) is 24.3 Å². The molecular formula is C14H19ClN2O. The molecular weight excluding hydrogens is 248 g/mol. The van der Waals surface area contributed by atoms with Crippen molar-refractivity contribution in [3.8, 4) is 0 Å². The number of carbonyl (C=O) groups excluding carboxylic acids is 1. The minimum atomic E-state index is 0.201. The van der Waals surface area contributed by atoms with Gasteiger partial charge < -0.3 is 10.6 Å². The van der Waals surface area contributed by atoms with Gasteiger partial charge in [-0.25, -0.2) is 0 Å². The molecule has 0 radical (unpaired) electrons. The van der Waals surface area contributed by atoms with Gasteiger partial charge in [0.1, 0.15) is 0 Å². The molecule has 1 aromatic carbocycles. The van der Waals surface area contributed by atoms with Crippen LogP contribution in [0, 0.1) is 5.92 Å². The summed E-state index contributed by atoms with van der Waals surface area (Å²) in [5.41, 5.74) is 1.16. The van der Waals surface area contributed by atoms with Crippen LogP contribution in [0.4, 0.5) is 0 Å². The first kappa shape index (κ1) is 13.4. The van der Waals surface area contributed by atoms with Gasteiger partial charge >= 0.3 is 0 Å². The monoisotopic (exact) mass is 266 g/mol. The Morgan fingerprint density at radius 3 is 2.89 bits per heavy atom. The minimum Gasteiger partial charge on any atom is -0.355 e. The van der Waals surface area contributed by atoms with Gasteiger partial charge in [0.15, 0.2) is 0 Å². The molecule has 18 heavy (non-hydrogen) atoms. The third-order valence-corrected chi connectivity index (χ3v) is 3.41. The lowest BCUT2D eigenvalue weighted by Gasteiger charge is -2.14. The van der Waals surface area contributed by atoms with E-state index in [0.717, 1.165) is 30.0 Å². The predicted octanol–water partition coefficient (Wildman–Crippen LogP) is 2.52. The van der Waals surface area contributed by atoms with Crippen molar-refractivity contribution in [2.45, 2.75) is 25.8 Å². The van der Waals surface area contributed by atoms with Gasteiger partial charge in [0, 0.05) is 30.1 Å². The van der Waals surface area contributed by atoms with E-state index in [0.29, 0.717) is 6.54 Å². The number of nitrogens with one attached hydrogen (secondary N) is 2. The lowest BCUT2D eigenvalue weighted by Crippen LogP contribution is -2.33. The average molecular weight is 267 g/mol. The molecule has 0 bridgehead atoms. The smallest absolute Gasteiger partial charge is 0.223 e. The van der Waals surface area contributed by atoms with E-state index in [1.54, 1.807) is 0 Å². The van der Waals surface area contributed by atoms with Gasteiger partial charge in [-0.2, -0.15) is 0 Å². The van der Waals surface area contributed by atoms with Crippen molar-refractivity contribution in [1.29, 1.82) is 0 Å². The van der Waals surface area contributed by atoms with E-state index in [9.17, 15) is 4.79 Å². The molecule has 1 aromatic rings.